The number of para-hydroxylation sites is 1. The summed E-state index contributed by atoms with van der Waals surface area (Å²) in [7, 11) is -3.53. The Labute approximate surface area is 260 Å². The predicted octanol–water partition coefficient (Wildman–Crippen LogP) is 5.62. The lowest BCUT2D eigenvalue weighted by Gasteiger charge is -2.32. The van der Waals surface area contributed by atoms with E-state index >= 15 is 0 Å². The van der Waals surface area contributed by atoms with Crippen molar-refractivity contribution in [1.82, 2.24) is 14.9 Å². The van der Waals surface area contributed by atoms with Gasteiger partial charge >= 0.3 is 5.95 Å². The number of nitrogens with one attached hydrogen (secondary N) is 4. The number of ether oxygens (including phenoxy) is 1. The Bertz CT molecular complexity index is 1730. The van der Waals surface area contributed by atoms with Crippen LogP contribution in [0.5, 0.6) is 5.75 Å². The van der Waals surface area contributed by atoms with Crippen LogP contribution >= 0.6 is 0 Å². The van der Waals surface area contributed by atoms with E-state index in [1.54, 1.807) is 32.0 Å². The molecule has 3 heterocycles. The van der Waals surface area contributed by atoms with Gasteiger partial charge in [0.2, 0.25) is 11.5 Å². The van der Waals surface area contributed by atoms with Gasteiger partial charge < -0.3 is 20.1 Å². The maximum absolute atomic E-state index is 13.2. The summed E-state index contributed by atoms with van der Waals surface area (Å²) in [5, 5.41) is 16.4. The van der Waals surface area contributed by atoms with Crippen LogP contribution in [0.25, 0.3) is 11.0 Å². The summed E-state index contributed by atoms with van der Waals surface area (Å²) in [4.78, 5) is 14.1. The molecule has 0 amide bonds. The zero-order valence-corrected chi connectivity index (χ0v) is 27.3. The number of sulfone groups is 1. The van der Waals surface area contributed by atoms with Gasteiger partial charge in [-0.2, -0.15) is 0 Å². The number of aromatic amines is 2. The number of rotatable bonds is 11. The van der Waals surface area contributed by atoms with Crippen molar-refractivity contribution in [2.24, 2.45) is 0 Å². The van der Waals surface area contributed by atoms with E-state index in [1.165, 1.54) is 11.1 Å². The van der Waals surface area contributed by atoms with Gasteiger partial charge in [0.15, 0.2) is 15.6 Å². The summed E-state index contributed by atoms with van der Waals surface area (Å²) < 4.78 is 32.6. The first-order valence-electron chi connectivity index (χ1n) is 15.4. The number of nitrogens with zero attached hydrogens (tertiary/aromatic N) is 2. The van der Waals surface area contributed by atoms with E-state index in [4.69, 9.17) is 9.72 Å². The second kappa shape index (κ2) is 13.1. The summed E-state index contributed by atoms with van der Waals surface area (Å²) in [6.07, 6.45) is 3.94. The average molecular weight is 622 g/mol. The molecule has 0 radical (unpaired) electrons. The van der Waals surface area contributed by atoms with Crippen molar-refractivity contribution in [2.75, 3.05) is 36.9 Å². The molecule has 2 aromatic heterocycles. The van der Waals surface area contributed by atoms with Gasteiger partial charge in [-0.1, -0.05) is 17.1 Å². The number of aryl methyl sites for hydroxylation is 2. The number of aliphatic hydroxyl groups is 1. The number of hydrogen-bond acceptors (Lipinski definition) is 8. The molecule has 10 nitrogen and oxygen atoms in total. The Morgan fingerprint density at radius 3 is 2.48 bits per heavy atom. The number of fused-ring (bicyclic) bond motifs is 1. The molecular formula is C33H45N6O4S+. The molecule has 44 heavy (non-hydrogen) atoms. The second-order valence-corrected chi connectivity index (χ2v) is 14.7. The molecule has 236 valence electrons. The van der Waals surface area contributed by atoms with Gasteiger partial charge in [0.1, 0.15) is 11.1 Å². The number of hydrogen-bond donors (Lipinski definition) is 4. The summed E-state index contributed by atoms with van der Waals surface area (Å²) >= 11 is 0. The van der Waals surface area contributed by atoms with E-state index in [9.17, 15) is 13.5 Å². The number of piperidine rings is 1. The third kappa shape index (κ3) is 6.69. The molecular weight excluding hydrogens is 576 g/mol. The predicted molar refractivity (Wildman–Crippen MR) is 175 cm³/mol. The molecule has 11 heteroatoms. The average Bonchev–Trinajstić information content (AvgIpc) is 3.35. The number of aliphatic hydroxyl groups excluding tert-OH is 1. The molecule has 1 fully saturated rings. The van der Waals surface area contributed by atoms with Gasteiger partial charge in [0.25, 0.3) is 0 Å². The van der Waals surface area contributed by atoms with E-state index in [0.717, 1.165) is 60.5 Å². The van der Waals surface area contributed by atoms with Crippen molar-refractivity contribution in [3.05, 3.63) is 59.3 Å². The molecule has 5 rings (SSSR count). The largest absolute Gasteiger partial charge is 0.488 e. The van der Waals surface area contributed by atoms with Crippen molar-refractivity contribution < 1.29 is 23.2 Å². The van der Waals surface area contributed by atoms with Crippen molar-refractivity contribution in [2.45, 2.75) is 76.6 Å². The number of aromatic nitrogens is 3. The zero-order valence-electron chi connectivity index (χ0n) is 26.5. The Balaban J connectivity index is 1.51. The SMILES string of the molecule is Cc1cc(Nc2nc(Nc3ccccc3S(=O)(=O)C(C)C)c3c(C)c[nH]c3[nH+]2)c(OC(C)C)cc1C1CCN(CCO)CC1. The van der Waals surface area contributed by atoms with Gasteiger partial charge in [-0.3, -0.25) is 10.3 Å². The molecule has 1 aliphatic heterocycles. The summed E-state index contributed by atoms with van der Waals surface area (Å²) in [5.41, 5.74) is 5.44. The Hall–Kier alpha value is -3.67. The molecule has 2 aromatic carbocycles. The van der Waals surface area contributed by atoms with Crippen LogP contribution in [0.2, 0.25) is 0 Å². The number of β-amino-alcohol motifs (C(OH)–C–C–N with tert-alkyl or cyclic N) is 1. The fourth-order valence-electron chi connectivity index (χ4n) is 5.92. The number of anilines is 4. The first kappa shape index (κ1) is 31.7. The third-order valence-corrected chi connectivity index (χ3v) is 10.5. The zero-order chi connectivity index (χ0) is 31.6. The lowest BCUT2D eigenvalue weighted by atomic mass is 9.86. The third-order valence-electron chi connectivity index (χ3n) is 8.28. The standard InChI is InChI=1S/C33H44N6O4S/c1-20(2)43-28-18-25(24-11-13-39(14-12-24)15-16-40)22(5)17-27(28)36-33-37-31-30(23(6)19-34-31)32(38-33)35-26-9-7-8-10-29(26)44(41,42)21(3)4/h7-10,17-21,24,40H,11-16H2,1-6H3,(H3,34,35,36,37,38)/p+1. The van der Waals surface area contributed by atoms with E-state index in [-0.39, 0.29) is 17.6 Å². The highest BCUT2D eigenvalue weighted by molar-refractivity contribution is 7.92. The molecule has 0 unspecified atom stereocenters. The van der Waals surface area contributed by atoms with Crippen molar-refractivity contribution in [1.29, 1.82) is 0 Å². The smallest absolute Gasteiger partial charge is 0.351 e. The minimum absolute atomic E-state index is 0.0281. The van der Waals surface area contributed by atoms with Gasteiger partial charge in [-0.25, -0.2) is 13.4 Å². The lowest BCUT2D eigenvalue weighted by Crippen LogP contribution is -2.35. The Morgan fingerprint density at radius 1 is 1.07 bits per heavy atom. The maximum Gasteiger partial charge on any atom is 0.351 e. The highest BCUT2D eigenvalue weighted by Gasteiger charge is 2.27. The van der Waals surface area contributed by atoms with E-state index < -0.39 is 15.1 Å². The van der Waals surface area contributed by atoms with Gasteiger partial charge in [0.05, 0.1) is 28.5 Å². The van der Waals surface area contributed by atoms with Gasteiger partial charge in [-0.05, 0) is 114 Å². The van der Waals surface area contributed by atoms with Crippen LogP contribution in [-0.4, -0.2) is 66.0 Å². The van der Waals surface area contributed by atoms with Gasteiger partial charge in [0, 0.05) is 12.7 Å². The Kier molecular flexibility index (Phi) is 9.48. The summed E-state index contributed by atoms with van der Waals surface area (Å²) in [6, 6.07) is 11.2. The van der Waals surface area contributed by atoms with Crippen molar-refractivity contribution >= 4 is 44.0 Å². The number of H-pyrrole nitrogens is 2. The fraction of sp³-hybridized carbons (Fsp3) is 0.455. The van der Waals surface area contributed by atoms with E-state index in [1.807, 2.05) is 33.0 Å². The first-order valence-corrected chi connectivity index (χ1v) is 16.9. The molecule has 4 aromatic rings. The van der Waals surface area contributed by atoms with E-state index in [2.05, 4.69) is 44.6 Å². The number of likely N-dealkylation sites (tertiary alicyclic amines) is 1. The minimum Gasteiger partial charge on any atom is -0.488 e. The topological polar surface area (TPSA) is 134 Å². The van der Waals surface area contributed by atoms with Crippen LogP contribution in [0.3, 0.4) is 0 Å². The summed E-state index contributed by atoms with van der Waals surface area (Å²) in [6.45, 7) is 14.4. The van der Waals surface area contributed by atoms with Crippen LogP contribution in [0, 0.1) is 13.8 Å². The fourth-order valence-corrected chi connectivity index (χ4v) is 7.12. The molecule has 0 aliphatic carbocycles. The maximum atomic E-state index is 13.2. The highest BCUT2D eigenvalue weighted by atomic mass is 32.2. The van der Waals surface area contributed by atoms with E-state index in [0.29, 0.717) is 23.4 Å². The van der Waals surface area contributed by atoms with Crippen LogP contribution in [0.1, 0.15) is 63.1 Å². The molecule has 0 atom stereocenters. The molecule has 0 bridgehead atoms. The normalized spacial score (nSPS) is 14.9. The summed E-state index contributed by atoms with van der Waals surface area (Å²) in [5.74, 6) is 2.18. The molecule has 1 saturated heterocycles. The van der Waals surface area contributed by atoms with Crippen LogP contribution in [0.15, 0.2) is 47.5 Å². The quantitative estimate of drug-likeness (QED) is 0.170. The van der Waals surface area contributed by atoms with Crippen molar-refractivity contribution in [3.63, 3.8) is 0 Å². The monoisotopic (exact) mass is 621 g/mol. The molecule has 5 N–H and O–H groups in total. The molecule has 0 spiro atoms. The van der Waals surface area contributed by atoms with Gasteiger partial charge in [-0.15, -0.1) is 0 Å². The van der Waals surface area contributed by atoms with Crippen LogP contribution < -0.4 is 20.4 Å². The van der Waals surface area contributed by atoms with Crippen LogP contribution in [-0.2, 0) is 9.84 Å². The molecule has 1 aliphatic rings. The van der Waals surface area contributed by atoms with Crippen LogP contribution in [0.4, 0.5) is 23.1 Å². The lowest BCUT2D eigenvalue weighted by molar-refractivity contribution is -0.333. The first-order chi connectivity index (χ1) is 21.0. The Morgan fingerprint density at radius 2 is 1.80 bits per heavy atom. The second-order valence-electron chi connectivity index (χ2n) is 12.2. The molecule has 0 saturated carbocycles. The van der Waals surface area contributed by atoms with Crippen molar-refractivity contribution in [3.8, 4) is 5.75 Å². The minimum atomic E-state index is -3.53. The highest BCUT2D eigenvalue weighted by Crippen LogP contribution is 2.38. The number of benzene rings is 2.